The molecule has 0 unspecified atom stereocenters. The average Bonchev–Trinajstić information content (AvgIpc) is 2.87. The minimum atomic E-state index is -3.48. The van der Waals surface area contributed by atoms with Crippen molar-refractivity contribution < 1.29 is 13.2 Å². The number of nitrogens with one attached hydrogen (secondary N) is 1. The first-order valence-electron chi connectivity index (χ1n) is 6.11. The summed E-state index contributed by atoms with van der Waals surface area (Å²) in [4.78, 5) is 15.8. The quantitative estimate of drug-likeness (QED) is 0.792. The number of alkyl halides is 1. The molecule has 6 nitrogen and oxygen atoms in total. The van der Waals surface area contributed by atoms with Crippen molar-refractivity contribution >= 4 is 58.5 Å². The number of halogens is 1. The number of anilines is 1. The van der Waals surface area contributed by atoms with E-state index in [2.05, 4.69) is 26.2 Å². The van der Waals surface area contributed by atoms with E-state index in [0.717, 1.165) is 0 Å². The molecule has 0 aliphatic rings. The summed E-state index contributed by atoms with van der Waals surface area (Å²) in [6.07, 6.45) is 0. The van der Waals surface area contributed by atoms with Crippen molar-refractivity contribution in [1.82, 2.24) is 9.29 Å². The third-order valence-electron chi connectivity index (χ3n) is 2.88. The van der Waals surface area contributed by atoms with Gasteiger partial charge in [0, 0.05) is 13.6 Å². The molecule has 2 rings (SSSR count). The van der Waals surface area contributed by atoms with E-state index in [9.17, 15) is 13.2 Å². The van der Waals surface area contributed by atoms with Crippen LogP contribution < -0.4 is 5.32 Å². The number of sulfonamides is 1. The van der Waals surface area contributed by atoms with Gasteiger partial charge in [0.1, 0.15) is 0 Å². The molecule has 0 spiro atoms. The van der Waals surface area contributed by atoms with Crippen molar-refractivity contribution in [3.05, 3.63) is 18.2 Å². The highest BCUT2D eigenvalue weighted by Crippen LogP contribution is 2.29. The lowest BCUT2D eigenvalue weighted by Crippen LogP contribution is -2.26. The van der Waals surface area contributed by atoms with Crippen LogP contribution in [0.15, 0.2) is 23.1 Å². The van der Waals surface area contributed by atoms with Crippen LogP contribution in [0.1, 0.15) is 6.92 Å². The first-order chi connectivity index (χ1) is 9.88. The Morgan fingerprint density at radius 3 is 2.81 bits per heavy atom. The fraction of sp³-hybridized carbons (Fsp3) is 0.333. The number of amides is 1. The largest absolute Gasteiger partial charge is 0.301 e. The summed E-state index contributed by atoms with van der Waals surface area (Å²) in [6.45, 7) is 2.17. The summed E-state index contributed by atoms with van der Waals surface area (Å²) in [7, 11) is -1.95. The lowest BCUT2D eigenvalue weighted by atomic mass is 10.3. The zero-order valence-corrected chi connectivity index (χ0v) is 14.7. The Balaban J connectivity index is 2.40. The fourth-order valence-electron chi connectivity index (χ4n) is 1.62. The molecular weight excluding hydrogens is 378 g/mol. The number of nitrogens with zero attached hydrogens (tertiary/aromatic N) is 2. The number of fused-ring (bicyclic) bond motifs is 1. The molecule has 0 atom stereocenters. The normalized spacial score (nSPS) is 12.0. The highest BCUT2D eigenvalue weighted by Gasteiger charge is 2.20. The SMILES string of the molecule is CCN(C)S(=O)(=O)c1ccc2nc(NC(=O)CBr)sc2c1. The van der Waals surface area contributed by atoms with Crippen LogP contribution in [0.2, 0.25) is 0 Å². The highest BCUT2D eigenvalue weighted by atomic mass is 79.9. The molecule has 0 radical (unpaired) electrons. The van der Waals surface area contributed by atoms with Gasteiger partial charge in [0.2, 0.25) is 15.9 Å². The highest BCUT2D eigenvalue weighted by molar-refractivity contribution is 9.09. The van der Waals surface area contributed by atoms with Crippen molar-refractivity contribution in [1.29, 1.82) is 0 Å². The molecule has 1 N–H and O–H groups in total. The number of aromatic nitrogens is 1. The number of rotatable bonds is 5. The maximum absolute atomic E-state index is 12.3. The Morgan fingerprint density at radius 1 is 1.48 bits per heavy atom. The summed E-state index contributed by atoms with van der Waals surface area (Å²) >= 11 is 4.30. The number of benzene rings is 1. The van der Waals surface area contributed by atoms with Crippen molar-refractivity contribution in [2.24, 2.45) is 0 Å². The maximum atomic E-state index is 12.3. The summed E-state index contributed by atoms with van der Waals surface area (Å²) < 4.78 is 26.5. The molecule has 9 heteroatoms. The van der Waals surface area contributed by atoms with E-state index in [1.54, 1.807) is 19.1 Å². The van der Waals surface area contributed by atoms with Crippen molar-refractivity contribution in [3.8, 4) is 0 Å². The molecule has 1 heterocycles. The van der Waals surface area contributed by atoms with Crippen LogP contribution in [0.25, 0.3) is 10.2 Å². The molecule has 0 aliphatic carbocycles. The first-order valence-corrected chi connectivity index (χ1v) is 9.49. The summed E-state index contributed by atoms with van der Waals surface area (Å²) in [6, 6.07) is 4.75. The summed E-state index contributed by atoms with van der Waals surface area (Å²) in [5.41, 5.74) is 0.656. The molecule has 1 amide bonds. The van der Waals surface area contributed by atoms with Gasteiger partial charge in [0.05, 0.1) is 20.4 Å². The van der Waals surface area contributed by atoms with E-state index in [1.807, 2.05) is 0 Å². The molecule has 21 heavy (non-hydrogen) atoms. The second-order valence-electron chi connectivity index (χ2n) is 4.25. The Morgan fingerprint density at radius 2 is 2.19 bits per heavy atom. The maximum Gasteiger partial charge on any atom is 0.242 e. The Kier molecular flexibility index (Phi) is 4.97. The minimum Gasteiger partial charge on any atom is -0.301 e. The third-order valence-corrected chi connectivity index (χ3v) is 6.25. The molecule has 0 bridgehead atoms. The lowest BCUT2D eigenvalue weighted by Gasteiger charge is -2.14. The van der Waals surface area contributed by atoms with Gasteiger partial charge in [-0.25, -0.2) is 17.7 Å². The number of hydrogen-bond donors (Lipinski definition) is 1. The van der Waals surface area contributed by atoms with Crippen LogP contribution in [0.4, 0.5) is 5.13 Å². The van der Waals surface area contributed by atoms with Crippen molar-refractivity contribution in [2.45, 2.75) is 11.8 Å². The predicted molar refractivity (Wildman–Crippen MR) is 87.5 cm³/mol. The van der Waals surface area contributed by atoms with Gasteiger partial charge in [-0.2, -0.15) is 0 Å². The van der Waals surface area contributed by atoms with Crippen molar-refractivity contribution in [3.63, 3.8) is 0 Å². The third kappa shape index (κ3) is 3.42. The monoisotopic (exact) mass is 391 g/mol. The van der Waals surface area contributed by atoms with E-state index in [4.69, 9.17) is 0 Å². The van der Waals surface area contributed by atoms with Crippen LogP contribution in [-0.4, -0.2) is 42.5 Å². The predicted octanol–water partition coefficient (Wildman–Crippen LogP) is 2.27. The Bertz CT molecular complexity index is 773. The van der Waals surface area contributed by atoms with Gasteiger partial charge in [0.25, 0.3) is 0 Å². The Labute approximate surface area is 135 Å². The van der Waals surface area contributed by atoms with Crippen molar-refractivity contribution in [2.75, 3.05) is 24.2 Å². The molecule has 1 aromatic carbocycles. The zero-order valence-electron chi connectivity index (χ0n) is 11.5. The number of thiazole rings is 1. The molecule has 1 aromatic heterocycles. The smallest absolute Gasteiger partial charge is 0.242 e. The van der Waals surface area contributed by atoms with Gasteiger partial charge in [-0.1, -0.05) is 34.2 Å². The summed E-state index contributed by atoms with van der Waals surface area (Å²) in [5.74, 6) is -0.201. The van der Waals surface area contributed by atoms with Crippen LogP contribution >= 0.6 is 27.3 Å². The van der Waals surface area contributed by atoms with Crippen LogP contribution in [0.3, 0.4) is 0 Å². The zero-order chi connectivity index (χ0) is 15.6. The second-order valence-corrected chi connectivity index (χ2v) is 7.89. The number of hydrogen-bond acceptors (Lipinski definition) is 5. The summed E-state index contributed by atoms with van der Waals surface area (Å²) in [5, 5.41) is 3.27. The minimum absolute atomic E-state index is 0.184. The molecule has 0 saturated carbocycles. The standard InChI is InChI=1S/C12H14BrN3O3S2/c1-3-16(2)21(18,19)8-4-5-9-10(6-8)20-12(14-9)15-11(17)7-13/h4-6H,3,7H2,1-2H3,(H,14,15,17). The van der Waals surface area contributed by atoms with E-state index in [0.29, 0.717) is 21.9 Å². The number of carbonyl (C=O) groups is 1. The van der Waals surface area contributed by atoms with Gasteiger partial charge in [0.15, 0.2) is 5.13 Å². The van der Waals surface area contributed by atoms with Gasteiger partial charge in [-0.15, -0.1) is 0 Å². The first kappa shape index (κ1) is 16.3. The van der Waals surface area contributed by atoms with Crippen LogP contribution in [0.5, 0.6) is 0 Å². The average molecular weight is 392 g/mol. The van der Waals surface area contributed by atoms with Gasteiger partial charge >= 0.3 is 0 Å². The molecule has 114 valence electrons. The molecule has 0 aliphatic heterocycles. The fourth-order valence-corrected chi connectivity index (χ4v) is 3.96. The van der Waals surface area contributed by atoms with Crippen LogP contribution in [0, 0.1) is 0 Å². The van der Waals surface area contributed by atoms with Gasteiger partial charge < -0.3 is 5.32 Å². The topological polar surface area (TPSA) is 79.4 Å². The molecule has 0 fully saturated rings. The van der Waals surface area contributed by atoms with Gasteiger partial charge in [-0.05, 0) is 18.2 Å². The lowest BCUT2D eigenvalue weighted by molar-refractivity contribution is -0.113. The van der Waals surface area contributed by atoms with E-state index in [-0.39, 0.29) is 16.1 Å². The molecular formula is C12H14BrN3O3S2. The van der Waals surface area contributed by atoms with Gasteiger partial charge in [-0.3, -0.25) is 4.79 Å². The second kappa shape index (κ2) is 6.39. The number of carbonyl (C=O) groups excluding carboxylic acids is 1. The Hall–Kier alpha value is -1.03. The van der Waals surface area contributed by atoms with E-state index < -0.39 is 10.0 Å². The molecule has 2 aromatic rings. The van der Waals surface area contributed by atoms with Crippen LogP contribution in [-0.2, 0) is 14.8 Å². The molecule has 0 saturated heterocycles. The van der Waals surface area contributed by atoms with E-state index in [1.165, 1.54) is 28.8 Å². The van der Waals surface area contributed by atoms with E-state index >= 15 is 0 Å².